The van der Waals surface area contributed by atoms with E-state index in [1.807, 2.05) is 0 Å². The molecule has 1 aliphatic heterocycles. The predicted molar refractivity (Wildman–Crippen MR) is 77.6 cm³/mol. The Labute approximate surface area is 120 Å². The maximum Gasteiger partial charge on any atom is 0.246 e. The molecule has 0 unspecified atom stereocenters. The Morgan fingerprint density at radius 2 is 2.11 bits per heavy atom. The molecule has 1 fully saturated rings. The summed E-state index contributed by atoms with van der Waals surface area (Å²) in [6, 6.07) is 1.59. The Balaban J connectivity index is 2.42. The zero-order valence-corrected chi connectivity index (χ0v) is 13.1. The van der Waals surface area contributed by atoms with Gasteiger partial charge in [0.15, 0.2) is 0 Å². The number of thioether (sulfide) groups is 1. The lowest BCUT2D eigenvalue weighted by Gasteiger charge is -2.26. The van der Waals surface area contributed by atoms with E-state index in [-0.39, 0.29) is 4.90 Å². The lowest BCUT2D eigenvalue weighted by atomic mass is 10.4. The number of pyridine rings is 1. The molecule has 1 saturated heterocycles. The fraction of sp³-hybridized carbons (Fsp3) is 0.500. The van der Waals surface area contributed by atoms with E-state index in [9.17, 15) is 8.42 Å². The van der Waals surface area contributed by atoms with Crippen LogP contribution in [0, 0.1) is 0 Å². The highest BCUT2D eigenvalue weighted by atomic mass is 79.9. The molecule has 0 saturated carbocycles. The Bertz CT molecular complexity index is 530. The summed E-state index contributed by atoms with van der Waals surface area (Å²) in [5.41, 5.74) is 0. The van der Waals surface area contributed by atoms with E-state index in [1.54, 1.807) is 31.1 Å². The Kier molecular flexibility index (Phi) is 4.52. The van der Waals surface area contributed by atoms with Crippen LogP contribution >= 0.6 is 27.7 Å². The van der Waals surface area contributed by atoms with Crippen LogP contribution in [0.4, 0.5) is 5.82 Å². The van der Waals surface area contributed by atoms with Crippen molar-refractivity contribution in [3.63, 3.8) is 0 Å². The second kappa shape index (κ2) is 5.77. The number of rotatable bonds is 3. The van der Waals surface area contributed by atoms with E-state index in [0.29, 0.717) is 23.4 Å². The van der Waals surface area contributed by atoms with Gasteiger partial charge in [-0.1, -0.05) is 0 Å². The van der Waals surface area contributed by atoms with Crippen LogP contribution in [0.3, 0.4) is 0 Å². The fourth-order valence-corrected chi connectivity index (χ4v) is 4.96. The van der Waals surface area contributed by atoms with Gasteiger partial charge < -0.3 is 5.32 Å². The van der Waals surface area contributed by atoms with Gasteiger partial charge in [-0.15, -0.1) is 0 Å². The van der Waals surface area contributed by atoms with Crippen molar-refractivity contribution >= 4 is 43.5 Å². The van der Waals surface area contributed by atoms with Gasteiger partial charge >= 0.3 is 0 Å². The van der Waals surface area contributed by atoms with Crippen LogP contribution in [-0.4, -0.2) is 49.3 Å². The van der Waals surface area contributed by atoms with Gasteiger partial charge in [0.2, 0.25) is 10.0 Å². The van der Waals surface area contributed by atoms with Crippen LogP contribution in [0.25, 0.3) is 0 Å². The first-order valence-electron chi connectivity index (χ1n) is 5.47. The maximum atomic E-state index is 12.5. The molecule has 100 valence electrons. The van der Waals surface area contributed by atoms with E-state index in [1.165, 1.54) is 4.31 Å². The molecule has 2 heterocycles. The number of sulfonamides is 1. The zero-order chi connectivity index (χ0) is 13.2. The summed E-state index contributed by atoms with van der Waals surface area (Å²) in [6.07, 6.45) is 1.58. The van der Waals surface area contributed by atoms with Crippen LogP contribution in [0.15, 0.2) is 21.6 Å². The van der Waals surface area contributed by atoms with Gasteiger partial charge in [0.05, 0.1) is 0 Å². The monoisotopic (exact) mass is 351 g/mol. The number of nitrogens with zero attached hydrogens (tertiary/aromatic N) is 2. The summed E-state index contributed by atoms with van der Waals surface area (Å²) >= 11 is 5.04. The second-order valence-electron chi connectivity index (χ2n) is 3.77. The maximum absolute atomic E-state index is 12.5. The average Bonchev–Trinajstić information content (AvgIpc) is 2.39. The minimum Gasteiger partial charge on any atom is -0.372 e. The highest BCUT2D eigenvalue weighted by Crippen LogP contribution is 2.27. The minimum absolute atomic E-state index is 0.228. The van der Waals surface area contributed by atoms with Gasteiger partial charge in [-0.3, -0.25) is 0 Å². The Morgan fingerprint density at radius 1 is 1.44 bits per heavy atom. The fourth-order valence-electron chi connectivity index (χ4n) is 1.73. The number of nitrogens with one attached hydrogen (secondary N) is 1. The number of anilines is 1. The van der Waals surface area contributed by atoms with Crippen molar-refractivity contribution in [1.29, 1.82) is 0 Å². The first kappa shape index (κ1) is 14.1. The minimum atomic E-state index is -3.46. The summed E-state index contributed by atoms with van der Waals surface area (Å²) in [5, 5.41) is 2.83. The lowest BCUT2D eigenvalue weighted by molar-refractivity contribution is 0.443. The molecule has 0 spiro atoms. The standard InChI is InChI=1S/C10H14BrN3O2S2/c1-12-10-9(6-8(11)7-13-10)18(15,16)14-2-4-17-5-3-14/h6-7H,2-5H2,1H3,(H,12,13). The van der Waals surface area contributed by atoms with Gasteiger partial charge in [0.25, 0.3) is 0 Å². The van der Waals surface area contributed by atoms with Gasteiger partial charge in [-0.25, -0.2) is 13.4 Å². The summed E-state index contributed by atoms with van der Waals surface area (Å²) in [7, 11) is -1.79. The highest BCUT2D eigenvalue weighted by Gasteiger charge is 2.29. The van der Waals surface area contributed by atoms with Crippen LogP contribution < -0.4 is 5.32 Å². The molecule has 0 amide bonds. The molecular formula is C10H14BrN3O2S2. The first-order chi connectivity index (χ1) is 8.55. The largest absolute Gasteiger partial charge is 0.372 e. The van der Waals surface area contributed by atoms with Gasteiger partial charge in [0.1, 0.15) is 10.7 Å². The number of hydrogen-bond acceptors (Lipinski definition) is 5. The summed E-state index contributed by atoms with van der Waals surface area (Å²) in [6.45, 7) is 1.12. The van der Waals surface area contributed by atoms with E-state index in [0.717, 1.165) is 11.5 Å². The van der Waals surface area contributed by atoms with E-state index in [4.69, 9.17) is 0 Å². The first-order valence-corrected chi connectivity index (χ1v) is 8.85. The number of halogens is 1. The van der Waals surface area contributed by atoms with Crippen molar-refractivity contribution in [2.45, 2.75) is 4.90 Å². The third kappa shape index (κ3) is 2.81. The molecule has 0 aliphatic carbocycles. The molecule has 2 rings (SSSR count). The predicted octanol–water partition coefficient (Wildman–Crippen LogP) is 1.62. The van der Waals surface area contributed by atoms with Crippen LogP contribution in [-0.2, 0) is 10.0 Å². The molecule has 1 aromatic rings. The molecule has 0 radical (unpaired) electrons. The van der Waals surface area contributed by atoms with Gasteiger partial charge in [0, 0.05) is 42.3 Å². The topological polar surface area (TPSA) is 62.3 Å². The van der Waals surface area contributed by atoms with Crippen molar-refractivity contribution in [3.05, 3.63) is 16.7 Å². The normalized spacial score (nSPS) is 17.7. The molecule has 1 aliphatic rings. The summed E-state index contributed by atoms with van der Waals surface area (Å²) in [5.74, 6) is 2.07. The molecular weight excluding hydrogens is 338 g/mol. The number of aromatic nitrogens is 1. The van der Waals surface area contributed by atoms with Crippen molar-refractivity contribution < 1.29 is 8.42 Å². The quantitative estimate of drug-likeness (QED) is 0.896. The van der Waals surface area contributed by atoms with Crippen LogP contribution in [0.5, 0.6) is 0 Å². The molecule has 0 bridgehead atoms. The van der Waals surface area contributed by atoms with E-state index < -0.39 is 10.0 Å². The van der Waals surface area contributed by atoms with Gasteiger partial charge in [-0.2, -0.15) is 16.1 Å². The molecule has 5 nitrogen and oxygen atoms in total. The summed E-state index contributed by atoms with van der Waals surface area (Å²) < 4.78 is 27.3. The third-order valence-electron chi connectivity index (χ3n) is 2.64. The van der Waals surface area contributed by atoms with Crippen molar-refractivity contribution in [1.82, 2.24) is 9.29 Å². The zero-order valence-electron chi connectivity index (χ0n) is 9.89. The smallest absolute Gasteiger partial charge is 0.246 e. The molecule has 18 heavy (non-hydrogen) atoms. The molecule has 0 atom stereocenters. The number of hydrogen-bond donors (Lipinski definition) is 1. The highest BCUT2D eigenvalue weighted by molar-refractivity contribution is 9.10. The Hall–Kier alpha value is -0.310. The molecule has 0 aromatic carbocycles. The Morgan fingerprint density at radius 3 is 2.72 bits per heavy atom. The van der Waals surface area contributed by atoms with E-state index >= 15 is 0 Å². The molecule has 1 N–H and O–H groups in total. The molecule has 1 aromatic heterocycles. The second-order valence-corrected chi connectivity index (χ2v) is 7.81. The van der Waals surface area contributed by atoms with Crippen molar-refractivity contribution in [2.24, 2.45) is 0 Å². The third-order valence-corrected chi connectivity index (χ3v) is 5.93. The van der Waals surface area contributed by atoms with Gasteiger partial charge in [-0.05, 0) is 22.0 Å². The van der Waals surface area contributed by atoms with Crippen molar-refractivity contribution in [3.8, 4) is 0 Å². The lowest BCUT2D eigenvalue weighted by Crippen LogP contribution is -2.38. The van der Waals surface area contributed by atoms with Crippen molar-refractivity contribution in [2.75, 3.05) is 37.0 Å². The van der Waals surface area contributed by atoms with Crippen LogP contribution in [0.2, 0.25) is 0 Å². The summed E-state index contributed by atoms with van der Waals surface area (Å²) in [4.78, 5) is 4.32. The SMILES string of the molecule is CNc1ncc(Br)cc1S(=O)(=O)N1CCSCC1. The molecule has 8 heteroatoms. The van der Waals surface area contributed by atoms with E-state index in [2.05, 4.69) is 26.2 Å². The van der Waals surface area contributed by atoms with Crippen LogP contribution in [0.1, 0.15) is 0 Å². The average molecular weight is 352 g/mol.